The van der Waals surface area contributed by atoms with Crippen LogP contribution in [-0.4, -0.2) is 64.9 Å². The highest BCUT2D eigenvalue weighted by molar-refractivity contribution is 5.68. The number of hydrogen-bond acceptors (Lipinski definition) is 4. The third kappa shape index (κ3) is 5.37. The van der Waals surface area contributed by atoms with E-state index in [0.717, 1.165) is 19.5 Å². The lowest BCUT2D eigenvalue weighted by Gasteiger charge is -2.40. The molecule has 1 N–H and O–H groups in total. The number of amides is 1. The molecular weight excluding hydrogens is 244 g/mol. The standard InChI is InChI=1S/C14H28N2O3/c1-6-12(17)10-15-7-8-16(11(2)9-15)13(18)19-14(3,4)5/h11-12,17H,6-10H2,1-5H3/t11?,12-/m1/s1. The number of aliphatic hydroxyl groups is 1. The Hall–Kier alpha value is -0.810. The largest absolute Gasteiger partial charge is 0.444 e. The fourth-order valence-electron chi connectivity index (χ4n) is 2.22. The van der Waals surface area contributed by atoms with Gasteiger partial charge in [-0.15, -0.1) is 0 Å². The molecule has 1 amide bonds. The summed E-state index contributed by atoms with van der Waals surface area (Å²) in [5.74, 6) is 0. The van der Waals surface area contributed by atoms with Gasteiger partial charge >= 0.3 is 6.09 Å². The Kier molecular flexibility index (Phi) is 5.62. The molecule has 1 heterocycles. The van der Waals surface area contributed by atoms with Crippen molar-refractivity contribution in [3.63, 3.8) is 0 Å². The summed E-state index contributed by atoms with van der Waals surface area (Å²) in [6, 6.07) is 0.118. The van der Waals surface area contributed by atoms with Gasteiger partial charge in [-0.25, -0.2) is 4.79 Å². The fourth-order valence-corrected chi connectivity index (χ4v) is 2.22. The van der Waals surface area contributed by atoms with Crippen LogP contribution in [0.5, 0.6) is 0 Å². The molecule has 1 fully saturated rings. The smallest absolute Gasteiger partial charge is 0.410 e. The third-order valence-corrected chi connectivity index (χ3v) is 3.28. The molecule has 0 aromatic carbocycles. The van der Waals surface area contributed by atoms with E-state index in [9.17, 15) is 9.90 Å². The van der Waals surface area contributed by atoms with Crippen LogP contribution in [0.3, 0.4) is 0 Å². The fraction of sp³-hybridized carbons (Fsp3) is 0.929. The highest BCUT2D eigenvalue weighted by atomic mass is 16.6. The normalized spacial score (nSPS) is 23.3. The van der Waals surface area contributed by atoms with E-state index in [1.165, 1.54) is 0 Å². The van der Waals surface area contributed by atoms with Gasteiger partial charge in [0.15, 0.2) is 0 Å². The number of carbonyl (C=O) groups excluding carboxylic acids is 1. The van der Waals surface area contributed by atoms with Crippen molar-refractivity contribution in [1.82, 2.24) is 9.80 Å². The molecule has 0 bridgehead atoms. The Morgan fingerprint density at radius 1 is 1.42 bits per heavy atom. The second-order valence-corrected chi connectivity index (χ2v) is 6.34. The van der Waals surface area contributed by atoms with Gasteiger partial charge in [-0.3, -0.25) is 4.90 Å². The molecule has 0 aromatic rings. The molecule has 1 saturated heterocycles. The number of carbonyl (C=O) groups is 1. The van der Waals surface area contributed by atoms with Gasteiger partial charge < -0.3 is 14.7 Å². The molecule has 0 radical (unpaired) electrons. The van der Waals surface area contributed by atoms with Crippen molar-refractivity contribution in [3.05, 3.63) is 0 Å². The predicted octanol–water partition coefficient (Wildman–Crippen LogP) is 1.70. The molecule has 1 rings (SSSR count). The van der Waals surface area contributed by atoms with E-state index in [1.54, 1.807) is 4.90 Å². The number of nitrogens with zero attached hydrogens (tertiary/aromatic N) is 2. The predicted molar refractivity (Wildman–Crippen MR) is 75.1 cm³/mol. The summed E-state index contributed by atoms with van der Waals surface area (Å²) < 4.78 is 5.40. The summed E-state index contributed by atoms with van der Waals surface area (Å²) in [5, 5.41) is 9.68. The summed E-state index contributed by atoms with van der Waals surface area (Å²) in [6.45, 7) is 12.6. The summed E-state index contributed by atoms with van der Waals surface area (Å²) >= 11 is 0. The minimum Gasteiger partial charge on any atom is -0.444 e. The minimum absolute atomic E-state index is 0.118. The van der Waals surface area contributed by atoms with Crippen molar-refractivity contribution in [3.8, 4) is 0 Å². The second-order valence-electron chi connectivity index (χ2n) is 6.34. The third-order valence-electron chi connectivity index (χ3n) is 3.28. The van der Waals surface area contributed by atoms with Crippen molar-refractivity contribution in [2.75, 3.05) is 26.2 Å². The van der Waals surface area contributed by atoms with Crippen LogP contribution < -0.4 is 0 Å². The second kappa shape index (κ2) is 6.57. The van der Waals surface area contributed by atoms with Gasteiger partial charge in [0.1, 0.15) is 5.60 Å². The Morgan fingerprint density at radius 3 is 2.53 bits per heavy atom. The Bertz CT molecular complexity index is 302. The Morgan fingerprint density at radius 2 is 2.05 bits per heavy atom. The van der Waals surface area contributed by atoms with Gasteiger partial charge in [-0.05, 0) is 34.1 Å². The zero-order chi connectivity index (χ0) is 14.6. The molecule has 5 heteroatoms. The topological polar surface area (TPSA) is 53.0 Å². The van der Waals surface area contributed by atoms with Crippen molar-refractivity contribution in [2.24, 2.45) is 0 Å². The van der Waals surface area contributed by atoms with E-state index >= 15 is 0 Å². The van der Waals surface area contributed by atoms with Crippen LogP contribution in [0.1, 0.15) is 41.0 Å². The SMILES string of the molecule is CC[C@@H](O)CN1CCN(C(=O)OC(C)(C)C)C(C)C1. The van der Waals surface area contributed by atoms with Crippen LogP contribution in [0.4, 0.5) is 4.79 Å². The number of aliphatic hydroxyl groups excluding tert-OH is 1. The van der Waals surface area contributed by atoms with Crippen LogP contribution in [0, 0.1) is 0 Å². The van der Waals surface area contributed by atoms with Crippen LogP contribution in [0.25, 0.3) is 0 Å². The van der Waals surface area contributed by atoms with Gasteiger partial charge in [0.2, 0.25) is 0 Å². The Labute approximate surface area is 116 Å². The molecule has 0 saturated carbocycles. The number of piperazine rings is 1. The van der Waals surface area contributed by atoms with E-state index < -0.39 is 5.60 Å². The number of hydrogen-bond donors (Lipinski definition) is 1. The minimum atomic E-state index is -0.452. The molecule has 112 valence electrons. The lowest BCUT2D eigenvalue weighted by atomic mass is 10.1. The zero-order valence-electron chi connectivity index (χ0n) is 12.8. The molecular formula is C14H28N2O3. The number of ether oxygens (including phenoxy) is 1. The van der Waals surface area contributed by atoms with Crippen LogP contribution in [0.2, 0.25) is 0 Å². The van der Waals surface area contributed by atoms with Gasteiger partial charge in [0.25, 0.3) is 0 Å². The lowest BCUT2D eigenvalue weighted by Crippen LogP contribution is -2.56. The molecule has 1 aliphatic rings. The van der Waals surface area contributed by atoms with Gasteiger partial charge in [-0.1, -0.05) is 6.92 Å². The van der Waals surface area contributed by atoms with Gasteiger partial charge in [0, 0.05) is 32.2 Å². The van der Waals surface area contributed by atoms with Crippen LogP contribution in [-0.2, 0) is 4.74 Å². The van der Waals surface area contributed by atoms with Crippen molar-refractivity contribution >= 4 is 6.09 Å². The molecule has 0 aromatic heterocycles. The average molecular weight is 272 g/mol. The summed E-state index contributed by atoms with van der Waals surface area (Å²) in [7, 11) is 0. The molecule has 1 aliphatic heterocycles. The summed E-state index contributed by atoms with van der Waals surface area (Å²) in [6.07, 6.45) is 0.247. The maximum atomic E-state index is 12.0. The first kappa shape index (κ1) is 16.2. The van der Waals surface area contributed by atoms with Crippen LogP contribution >= 0.6 is 0 Å². The average Bonchev–Trinajstić information content (AvgIpc) is 2.26. The van der Waals surface area contributed by atoms with E-state index in [4.69, 9.17) is 4.74 Å². The maximum Gasteiger partial charge on any atom is 0.410 e. The van der Waals surface area contributed by atoms with Crippen LogP contribution in [0.15, 0.2) is 0 Å². The van der Waals surface area contributed by atoms with Crippen molar-refractivity contribution in [1.29, 1.82) is 0 Å². The number of rotatable bonds is 3. The monoisotopic (exact) mass is 272 g/mol. The first-order valence-corrected chi connectivity index (χ1v) is 7.13. The van der Waals surface area contributed by atoms with Gasteiger partial charge in [-0.2, -0.15) is 0 Å². The Balaban J connectivity index is 2.48. The molecule has 5 nitrogen and oxygen atoms in total. The quantitative estimate of drug-likeness (QED) is 0.849. The molecule has 19 heavy (non-hydrogen) atoms. The van der Waals surface area contributed by atoms with E-state index in [2.05, 4.69) is 4.90 Å². The molecule has 2 atom stereocenters. The molecule has 0 spiro atoms. The first-order valence-electron chi connectivity index (χ1n) is 7.13. The number of β-amino-alcohol motifs (C(OH)–C–C–N with tert-alkyl or cyclic N) is 1. The molecule has 0 aliphatic carbocycles. The van der Waals surface area contributed by atoms with Gasteiger partial charge in [0.05, 0.1) is 6.10 Å². The van der Waals surface area contributed by atoms with Crippen molar-refractivity contribution < 1.29 is 14.6 Å². The van der Waals surface area contributed by atoms with E-state index in [-0.39, 0.29) is 18.2 Å². The lowest BCUT2D eigenvalue weighted by molar-refractivity contribution is -0.00420. The summed E-state index contributed by atoms with van der Waals surface area (Å²) in [4.78, 5) is 16.0. The zero-order valence-corrected chi connectivity index (χ0v) is 12.8. The maximum absolute atomic E-state index is 12.0. The van der Waals surface area contributed by atoms with Crippen molar-refractivity contribution in [2.45, 2.75) is 58.8 Å². The highest BCUT2D eigenvalue weighted by Crippen LogP contribution is 2.16. The highest BCUT2D eigenvalue weighted by Gasteiger charge is 2.31. The van der Waals surface area contributed by atoms with E-state index in [0.29, 0.717) is 13.1 Å². The first-order chi connectivity index (χ1) is 8.73. The van der Waals surface area contributed by atoms with E-state index in [1.807, 2.05) is 34.6 Å². The molecule has 1 unspecified atom stereocenters. The summed E-state index contributed by atoms with van der Waals surface area (Å²) in [5.41, 5.74) is -0.452.